The van der Waals surface area contributed by atoms with Crippen molar-refractivity contribution in [1.82, 2.24) is 15.2 Å². The van der Waals surface area contributed by atoms with E-state index in [0.717, 1.165) is 87.6 Å². The molecule has 1 aromatic heterocycles. The van der Waals surface area contributed by atoms with Crippen LogP contribution in [0.2, 0.25) is 0 Å². The number of rotatable bonds is 18. The number of pyridine rings is 1. The number of amides is 1. The first kappa shape index (κ1) is 35.5. The second kappa shape index (κ2) is 18.8. The van der Waals surface area contributed by atoms with Crippen molar-refractivity contribution in [2.75, 3.05) is 31.5 Å². The number of carbonyl (C=O) groups excluding carboxylic acids is 1. The molecule has 2 aromatic rings. The largest absolute Gasteiger partial charge is 0.480 e. The third kappa shape index (κ3) is 11.2. The number of nitrogens with one attached hydrogen (secondary N) is 2. The molecule has 244 valence electrons. The number of benzene rings is 1. The van der Waals surface area contributed by atoms with Crippen molar-refractivity contribution >= 4 is 17.7 Å². The van der Waals surface area contributed by atoms with E-state index in [4.69, 9.17) is 4.98 Å². The molecule has 1 aromatic carbocycles. The van der Waals surface area contributed by atoms with Crippen LogP contribution in [0.5, 0.6) is 0 Å². The molecule has 1 atom stereocenters. The van der Waals surface area contributed by atoms with Gasteiger partial charge in [0, 0.05) is 18.8 Å². The monoisotopic (exact) mass is 606 g/mol. The number of aryl methyl sites for hydroxylation is 2. The number of fused-ring (bicyclic) bond motifs is 1. The lowest BCUT2D eigenvalue weighted by atomic mass is 9.72. The summed E-state index contributed by atoms with van der Waals surface area (Å²) in [5.74, 6) is 1.00. The highest BCUT2D eigenvalue weighted by Gasteiger charge is 2.40. The minimum atomic E-state index is -0.966. The molecule has 2 aliphatic rings. The molecule has 2 heterocycles. The van der Waals surface area contributed by atoms with Crippen LogP contribution in [0.3, 0.4) is 0 Å². The van der Waals surface area contributed by atoms with Gasteiger partial charge in [-0.2, -0.15) is 0 Å². The Hall–Kier alpha value is -2.93. The molecular formula is C37H58N4O3. The predicted octanol–water partition coefficient (Wildman–Crippen LogP) is 7.39. The third-order valence-electron chi connectivity index (χ3n) is 8.97. The van der Waals surface area contributed by atoms with Gasteiger partial charge in [-0.3, -0.25) is 4.79 Å². The van der Waals surface area contributed by atoms with Crippen LogP contribution in [0, 0.1) is 5.92 Å². The molecule has 1 fully saturated rings. The van der Waals surface area contributed by atoms with Crippen LogP contribution >= 0.6 is 0 Å². The molecule has 0 bridgehead atoms. The van der Waals surface area contributed by atoms with Gasteiger partial charge >= 0.3 is 5.97 Å². The number of aliphatic carboxylic acids is 1. The number of hydrogen-bond acceptors (Lipinski definition) is 5. The minimum Gasteiger partial charge on any atom is -0.480 e. The first-order chi connectivity index (χ1) is 21.3. The number of carbonyl (C=O) groups is 2. The molecule has 7 heteroatoms. The summed E-state index contributed by atoms with van der Waals surface area (Å²) in [7, 11) is 0. The van der Waals surface area contributed by atoms with Crippen LogP contribution in [0.1, 0.15) is 115 Å². The predicted molar refractivity (Wildman–Crippen MR) is 181 cm³/mol. The molecule has 1 aliphatic heterocycles. The maximum atomic E-state index is 13.8. The van der Waals surface area contributed by atoms with E-state index in [9.17, 15) is 14.7 Å². The van der Waals surface area contributed by atoms with E-state index in [1.807, 2.05) is 30.3 Å². The first-order valence-electron chi connectivity index (χ1n) is 17.4. The van der Waals surface area contributed by atoms with Gasteiger partial charge in [0.05, 0.1) is 5.41 Å². The molecule has 0 spiro atoms. The summed E-state index contributed by atoms with van der Waals surface area (Å²) in [6.07, 6.45) is 12.7. The van der Waals surface area contributed by atoms with Crippen LogP contribution in [0.4, 0.5) is 5.82 Å². The molecule has 4 rings (SSSR count). The quantitative estimate of drug-likeness (QED) is 0.153. The molecule has 3 N–H and O–H groups in total. The van der Waals surface area contributed by atoms with E-state index in [1.165, 1.54) is 24.8 Å². The lowest BCUT2D eigenvalue weighted by molar-refractivity contribution is -0.143. The molecule has 1 amide bonds. The van der Waals surface area contributed by atoms with E-state index in [2.05, 4.69) is 55.4 Å². The normalized spacial score (nSPS) is 15.0. The number of carboxylic acid groups (broad SMARTS) is 1. The zero-order valence-corrected chi connectivity index (χ0v) is 27.9. The van der Waals surface area contributed by atoms with Gasteiger partial charge < -0.3 is 20.6 Å². The van der Waals surface area contributed by atoms with Crippen LogP contribution < -0.4 is 10.6 Å². The summed E-state index contributed by atoms with van der Waals surface area (Å²) in [6, 6.07) is 13.3. The second-order valence-electron chi connectivity index (χ2n) is 12.9. The summed E-state index contributed by atoms with van der Waals surface area (Å²) in [6.45, 7) is 12.1. The molecule has 7 nitrogen and oxygen atoms in total. The first-order valence-corrected chi connectivity index (χ1v) is 17.4. The van der Waals surface area contributed by atoms with Gasteiger partial charge in [-0.05, 0) is 94.0 Å². The Labute approximate surface area is 266 Å². The molecule has 1 aliphatic carbocycles. The number of hydrogen-bond donors (Lipinski definition) is 3. The molecule has 0 saturated heterocycles. The van der Waals surface area contributed by atoms with Crippen molar-refractivity contribution in [2.24, 2.45) is 5.92 Å². The fourth-order valence-electron chi connectivity index (χ4n) is 6.22. The maximum absolute atomic E-state index is 13.8. The minimum absolute atomic E-state index is 0.163. The SMILES string of the molecule is CC1CC1.CCCN(CCCCc1ccc2c(n1)NCCC2)CCC(NC(=O)C(CCC)(CCC)c1ccccc1)C(=O)O. The lowest BCUT2D eigenvalue weighted by Gasteiger charge is -2.34. The number of carboxylic acids is 1. The summed E-state index contributed by atoms with van der Waals surface area (Å²) < 4.78 is 0. The summed E-state index contributed by atoms with van der Waals surface area (Å²) in [5, 5.41) is 16.4. The molecule has 0 radical (unpaired) electrons. The Kier molecular flexibility index (Phi) is 15.2. The van der Waals surface area contributed by atoms with E-state index < -0.39 is 17.4 Å². The Morgan fingerprint density at radius 3 is 2.32 bits per heavy atom. The van der Waals surface area contributed by atoms with Gasteiger partial charge in [0.15, 0.2) is 0 Å². The smallest absolute Gasteiger partial charge is 0.326 e. The van der Waals surface area contributed by atoms with Gasteiger partial charge in [-0.1, -0.05) is 89.8 Å². The number of unbranched alkanes of at least 4 members (excludes halogenated alkanes) is 1. The average molecular weight is 607 g/mol. The molecular weight excluding hydrogens is 548 g/mol. The van der Waals surface area contributed by atoms with Crippen molar-refractivity contribution in [3.8, 4) is 0 Å². The fraction of sp³-hybridized carbons (Fsp3) is 0.649. The molecule has 44 heavy (non-hydrogen) atoms. The highest BCUT2D eigenvalue weighted by Crippen LogP contribution is 2.35. The van der Waals surface area contributed by atoms with Crippen LogP contribution in [-0.4, -0.2) is 59.1 Å². The Balaban J connectivity index is 0.00000122. The van der Waals surface area contributed by atoms with Crippen molar-refractivity contribution in [2.45, 2.75) is 123 Å². The summed E-state index contributed by atoms with van der Waals surface area (Å²) in [5.41, 5.74) is 2.71. The van der Waals surface area contributed by atoms with Gasteiger partial charge in [0.1, 0.15) is 11.9 Å². The topological polar surface area (TPSA) is 94.6 Å². The van der Waals surface area contributed by atoms with Crippen molar-refractivity contribution in [3.05, 3.63) is 59.3 Å². The highest BCUT2D eigenvalue weighted by atomic mass is 16.4. The summed E-state index contributed by atoms with van der Waals surface area (Å²) >= 11 is 0. The van der Waals surface area contributed by atoms with Gasteiger partial charge in [-0.15, -0.1) is 0 Å². The Morgan fingerprint density at radius 1 is 1.00 bits per heavy atom. The van der Waals surface area contributed by atoms with Gasteiger partial charge in [0.2, 0.25) is 5.91 Å². The lowest BCUT2D eigenvalue weighted by Crippen LogP contribution is -2.51. The average Bonchev–Trinajstić information content (AvgIpc) is 3.83. The van der Waals surface area contributed by atoms with Crippen LogP contribution in [0.25, 0.3) is 0 Å². The molecule has 1 unspecified atom stereocenters. The standard InChI is InChI=1S/C33H50N4O3.C4H8/c1-4-20-33(21-5-2,27-14-8-7-9-15-27)32(40)36-29(31(38)39)19-25-37(23-6-3)24-11-10-16-28-18-17-26-13-12-22-34-30(26)35-28;1-4-2-3-4/h7-9,14-15,17-18,29H,4-6,10-13,16,19-25H2,1-3H3,(H,34,35)(H,36,40)(H,38,39);4H,2-3H2,1H3. The van der Waals surface area contributed by atoms with Crippen LogP contribution in [-0.2, 0) is 27.8 Å². The van der Waals surface area contributed by atoms with E-state index in [-0.39, 0.29) is 5.91 Å². The van der Waals surface area contributed by atoms with Crippen molar-refractivity contribution in [1.29, 1.82) is 0 Å². The number of aromatic nitrogens is 1. The second-order valence-corrected chi connectivity index (χ2v) is 12.9. The van der Waals surface area contributed by atoms with Crippen molar-refractivity contribution < 1.29 is 14.7 Å². The zero-order chi connectivity index (χ0) is 31.8. The Morgan fingerprint density at radius 2 is 1.70 bits per heavy atom. The van der Waals surface area contributed by atoms with Crippen LogP contribution in [0.15, 0.2) is 42.5 Å². The van der Waals surface area contributed by atoms with E-state index in [0.29, 0.717) is 25.8 Å². The molecule has 1 saturated carbocycles. The Bertz CT molecular complexity index is 1130. The summed E-state index contributed by atoms with van der Waals surface area (Å²) in [4.78, 5) is 33.2. The highest BCUT2D eigenvalue weighted by molar-refractivity contribution is 5.91. The van der Waals surface area contributed by atoms with E-state index in [1.54, 1.807) is 0 Å². The van der Waals surface area contributed by atoms with E-state index >= 15 is 0 Å². The van der Waals surface area contributed by atoms with Crippen molar-refractivity contribution in [3.63, 3.8) is 0 Å². The fourth-order valence-corrected chi connectivity index (χ4v) is 6.22. The maximum Gasteiger partial charge on any atom is 0.326 e. The number of anilines is 1. The number of nitrogens with zero attached hydrogens (tertiary/aromatic N) is 2. The third-order valence-corrected chi connectivity index (χ3v) is 8.97. The van der Waals surface area contributed by atoms with Gasteiger partial charge in [-0.25, -0.2) is 9.78 Å². The van der Waals surface area contributed by atoms with Gasteiger partial charge in [0.25, 0.3) is 0 Å². The zero-order valence-electron chi connectivity index (χ0n) is 27.9.